The fraction of sp³-hybridized carbons (Fsp3) is 0.524. The van der Waals surface area contributed by atoms with Gasteiger partial charge in [0.2, 0.25) is 0 Å². The third kappa shape index (κ3) is 6.07. The zero-order valence-electron chi connectivity index (χ0n) is 16.4. The number of amides is 1. The Kier molecular flexibility index (Phi) is 7.87. The van der Waals surface area contributed by atoms with E-state index in [-0.39, 0.29) is 5.91 Å². The largest absolute Gasteiger partial charge is 0.494 e. The third-order valence-electron chi connectivity index (χ3n) is 5.00. The number of nitrogens with two attached hydrogens (primary N) is 1. The van der Waals surface area contributed by atoms with Gasteiger partial charge in [0.25, 0.3) is 5.91 Å². The first-order valence-electron chi connectivity index (χ1n) is 10.0. The minimum atomic E-state index is -0.118. The van der Waals surface area contributed by atoms with Crippen molar-refractivity contribution in [1.82, 2.24) is 9.80 Å². The van der Waals surface area contributed by atoms with Gasteiger partial charge in [0.1, 0.15) is 5.75 Å². The number of nitrogens with zero attached hydrogens (tertiary/aromatic N) is 3. The summed E-state index contributed by atoms with van der Waals surface area (Å²) in [6.45, 7) is 6.53. The van der Waals surface area contributed by atoms with E-state index in [1.54, 1.807) is 4.90 Å². The molecule has 0 aromatic heterocycles. The molecule has 152 valence electrons. The Morgan fingerprint density at radius 3 is 2.54 bits per heavy atom. The van der Waals surface area contributed by atoms with Crippen LogP contribution in [-0.2, 0) is 9.53 Å². The van der Waals surface area contributed by atoms with E-state index in [9.17, 15) is 4.79 Å². The maximum Gasteiger partial charge on any atom is 0.257 e. The molecular weight excluding hydrogens is 356 g/mol. The number of carbonyl (C=O) groups excluding carboxylic acids is 1. The Morgan fingerprint density at radius 1 is 1.14 bits per heavy atom. The molecule has 0 atom stereocenters. The predicted molar refractivity (Wildman–Crippen MR) is 110 cm³/mol. The lowest BCUT2D eigenvalue weighted by atomic mass is 10.2. The van der Waals surface area contributed by atoms with Gasteiger partial charge in [-0.25, -0.2) is 0 Å². The molecule has 7 nitrogen and oxygen atoms in total. The summed E-state index contributed by atoms with van der Waals surface area (Å²) in [5.74, 6) is 0.715. The highest BCUT2D eigenvalue weighted by molar-refractivity contribution is 6.12. The molecule has 1 amide bonds. The van der Waals surface area contributed by atoms with Crippen molar-refractivity contribution in [2.24, 2.45) is 10.7 Å². The maximum atomic E-state index is 12.5. The molecule has 3 rings (SSSR count). The Balaban J connectivity index is 1.44. The van der Waals surface area contributed by atoms with E-state index < -0.39 is 0 Å². The van der Waals surface area contributed by atoms with E-state index in [0.29, 0.717) is 38.5 Å². The standard InChI is InChI=1S/C21H30N4O3/c22-16-18(21(26)25-11-14-27-15-12-25)17-23-19-4-6-20(7-5-19)28-13-3-10-24-8-1-2-9-24/h4-7,16-17H,1-3,8-15,22H2. The molecule has 0 unspecified atom stereocenters. The molecule has 2 N–H and O–H groups in total. The van der Waals surface area contributed by atoms with Crippen molar-refractivity contribution in [3.05, 3.63) is 36.0 Å². The molecule has 0 aliphatic carbocycles. The zero-order valence-corrected chi connectivity index (χ0v) is 16.4. The monoisotopic (exact) mass is 386 g/mol. The summed E-state index contributed by atoms with van der Waals surface area (Å²) in [4.78, 5) is 21.0. The van der Waals surface area contributed by atoms with Gasteiger partial charge in [-0.3, -0.25) is 9.79 Å². The molecular formula is C21H30N4O3. The third-order valence-corrected chi connectivity index (χ3v) is 5.00. The lowest BCUT2D eigenvalue weighted by Gasteiger charge is -2.26. The summed E-state index contributed by atoms with van der Waals surface area (Å²) >= 11 is 0. The summed E-state index contributed by atoms with van der Waals surface area (Å²) in [6.07, 6.45) is 6.50. The fourth-order valence-corrected chi connectivity index (χ4v) is 3.38. The van der Waals surface area contributed by atoms with Gasteiger partial charge in [-0.1, -0.05) is 0 Å². The number of ether oxygens (including phenoxy) is 2. The number of aliphatic imine (C=N–C) groups is 1. The highest BCUT2D eigenvalue weighted by Gasteiger charge is 2.19. The van der Waals surface area contributed by atoms with E-state index in [2.05, 4.69) is 9.89 Å². The molecule has 28 heavy (non-hydrogen) atoms. The van der Waals surface area contributed by atoms with Crippen molar-refractivity contribution in [3.8, 4) is 5.75 Å². The van der Waals surface area contributed by atoms with Crippen LogP contribution in [0.25, 0.3) is 0 Å². The number of hydrogen-bond acceptors (Lipinski definition) is 6. The van der Waals surface area contributed by atoms with Gasteiger partial charge < -0.3 is 25.0 Å². The molecule has 2 fully saturated rings. The number of benzene rings is 1. The number of rotatable bonds is 8. The topological polar surface area (TPSA) is 80.4 Å². The van der Waals surface area contributed by atoms with Crippen LogP contribution < -0.4 is 10.5 Å². The lowest BCUT2D eigenvalue weighted by molar-refractivity contribution is -0.130. The molecule has 0 radical (unpaired) electrons. The lowest BCUT2D eigenvalue weighted by Crippen LogP contribution is -2.41. The van der Waals surface area contributed by atoms with Crippen LogP contribution in [0.2, 0.25) is 0 Å². The first-order valence-corrected chi connectivity index (χ1v) is 10.0. The van der Waals surface area contributed by atoms with E-state index >= 15 is 0 Å². The van der Waals surface area contributed by atoms with Crippen LogP contribution in [0, 0.1) is 0 Å². The molecule has 7 heteroatoms. The van der Waals surface area contributed by atoms with E-state index in [1.165, 1.54) is 38.3 Å². The first kappa shape index (κ1) is 20.4. The Hall–Kier alpha value is -2.38. The van der Waals surface area contributed by atoms with Crippen molar-refractivity contribution < 1.29 is 14.3 Å². The molecule has 0 spiro atoms. The van der Waals surface area contributed by atoms with Gasteiger partial charge in [0.15, 0.2) is 0 Å². The van der Waals surface area contributed by atoms with Crippen LogP contribution in [0.1, 0.15) is 19.3 Å². The second kappa shape index (κ2) is 10.8. The summed E-state index contributed by atoms with van der Waals surface area (Å²) in [5, 5.41) is 0. The number of hydrogen-bond donors (Lipinski definition) is 1. The quantitative estimate of drug-likeness (QED) is 0.420. The smallest absolute Gasteiger partial charge is 0.257 e. The Morgan fingerprint density at radius 2 is 1.86 bits per heavy atom. The Labute approximate surface area is 166 Å². The SMILES string of the molecule is NC=C(C=Nc1ccc(OCCCN2CCCC2)cc1)C(=O)N1CCOCC1. The first-order chi connectivity index (χ1) is 13.8. The Bertz CT molecular complexity index is 675. The van der Waals surface area contributed by atoms with Crippen LogP contribution in [0.4, 0.5) is 5.69 Å². The van der Waals surface area contributed by atoms with Crippen molar-refractivity contribution in [1.29, 1.82) is 0 Å². The second-order valence-electron chi connectivity index (χ2n) is 7.03. The van der Waals surface area contributed by atoms with Crippen LogP contribution in [-0.4, -0.2) is 74.5 Å². The molecule has 2 aliphatic heterocycles. The minimum absolute atomic E-state index is 0.118. The van der Waals surface area contributed by atoms with Gasteiger partial charge >= 0.3 is 0 Å². The highest BCUT2D eigenvalue weighted by Crippen LogP contribution is 2.18. The fourth-order valence-electron chi connectivity index (χ4n) is 3.38. The van der Waals surface area contributed by atoms with Gasteiger partial charge in [-0.2, -0.15) is 0 Å². The van der Waals surface area contributed by atoms with Gasteiger partial charge in [-0.15, -0.1) is 0 Å². The predicted octanol–water partition coefficient (Wildman–Crippen LogP) is 1.95. The van der Waals surface area contributed by atoms with Crippen molar-refractivity contribution >= 4 is 17.8 Å². The summed E-state index contributed by atoms with van der Waals surface area (Å²) in [5.41, 5.74) is 6.75. The molecule has 1 aromatic rings. The van der Waals surface area contributed by atoms with Gasteiger partial charge in [0.05, 0.1) is 31.1 Å². The van der Waals surface area contributed by atoms with Crippen LogP contribution >= 0.6 is 0 Å². The average Bonchev–Trinajstić information content (AvgIpc) is 3.27. The summed E-state index contributed by atoms with van der Waals surface area (Å²) < 4.78 is 11.1. The van der Waals surface area contributed by atoms with Crippen LogP contribution in [0.15, 0.2) is 41.0 Å². The van der Waals surface area contributed by atoms with Crippen molar-refractivity contribution in [2.45, 2.75) is 19.3 Å². The molecule has 1 aromatic carbocycles. The molecule has 0 saturated carbocycles. The van der Waals surface area contributed by atoms with E-state index in [4.69, 9.17) is 15.2 Å². The highest BCUT2D eigenvalue weighted by atomic mass is 16.5. The molecule has 0 bridgehead atoms. The van der Waals surface area contributed by atoms with Gasteiger partial charge in [-0.05, 0) is 56.6 Å². The summed E-state index contributed by atoms with van der Waals surface area (Å²) in [7, 11) is 0. The normalized spacial score (nSPS) is 18.7. The van der Waals surface area contributed by atoms with Crippen molar-refractivity contribution in [3.63, 3.8) is 0 Å². The number of carbonyl (C=O) groups is 1. The van der Waals surface area contributed by atoms with Crippen LogP contribution in [0.3, 0.4) is 0 Å². The zero-order chi connectivity index (χ0) is 19.6. The number of likely N-dealkylation sites (tertiary alicyclic amines) is 1. The van der Waals surface area contributed by atoms with E-state index in [1.807, 2.05) is 24.3 Å². The summed E-state index contributed by atoms with van der Waals surface area (Å²) in [6, 6.07) is 7.55. The van der Waals surface area contributed by atoms with Crippen LogP contribution in [0.5, 0.6) is 5.75 Å². The molecule has 2 aliphatic rings. The van der Waals surface area contributed by atoms with Gasteiger partial charge in [0, 0.05) is 32.0 Å². The molecule has 2 saturated heterocycles. The number of morpholine rings is 1. The average molecular weight is 386 g/mol. The second-order valence-corrected chi connectivity index (χ2v) is 7.03. The molecule has 2 heterocycles. The minimum Gasteiger partial charge on any atom is -0.494 e. The van der Waals surface area contributed by atoms with Crippen molar-refractivity contribution in [2.75, 3.05) is 52.5 Å². The maximum absolute atomic E-state index is 12.5. The van der Waals surface area contributed by atoms with E-state index in [0.717, 1.165) is 24.4 Å².